The number of nitrogens with zero attached hydrogens (tertiary/aromatic N) is 2. The molecule has 9 nitrogen and oxygen atoms in total. The minimum Gasteiger partial charge on any atom is -0.490 e. The van der Waals surface area contributed by atoms with Crippen LogP contribution >= 0.6 is 15.9 Å². The molecule has 0 aromatic heterocycles. The van der Waals surface area contributed by atoms with Gasteiger partial charge in [-0.05, 0) is 36.2 Å². The van der Waals surface area contributed by atoms with Gasteiger partial charge in [0.05, 0.1) is 12.0 Å². The lowest BCUT2D eigenvalue weighted by molar-refractivity contribution is -0.385. The summed E-state index contributed by atoms with van der Waals surface area (Å²) in [6, 6.07) is 20.2. The molecule has 37 heavy (non-hydrogen) atoms. The Hall–Kier alpha value is -3.92. The fourth-order valence-electron chi connectivity index (χ4n) is 3.80. The first-order chi connectivity index (χ1) is 17.8. The Kier molecular flexibility index (Phi) is 10.0. The summed E-state index contributed by atoms with van der Waals surface area (Å²) in [6.45, 7) is 2.05. The van der Waals surface area contributed by atoms with Crippen molar-refractivity contribution >= 4 is 33.4 Å². The predicted molar refractivity (Wildman–Crippen MR) is 142 cm³/mol. The third-order valence-corrected chi connectivity index (χ3v) is 6.07. The molecule has 0 radical (unpaired) electrons. The second-order valence-corrected chi connectivity index (χ2v) is 9.05. The molecule has 3 aromatic carbocycles. The second-order valence-electron chi connectivity index (χ2n) is 8.13. The van der Waals surface area contributed by atoms with Gasteiger partial charge in [0.2, 0.25) is 11.7 Å². The van der Waals surface area contributed by atoms with Gasteiger partial charge in [0.15, 0.2) is 6.61 Å². The Morgan fingerprint density at radius 3 is 2.43 bits per heavy atom. The molecule has 3 rings (SSSR count). The van der Waals surface area contributed by atoms with Crippen molar-refractivity contribution in [2.24, 2.45) is 0 Å². The van der Waals surface area contributed by atoms with Crippen LogP contribution in [0.25, 0.3) is 0 Å². The van der Waals surface area contributed by atoms with E-state index in [4.69, 9.17) is 9.47 Å². The maximum absolute atomic E-state index is 13.5. The number of rotatable bonds is 12. The highest BCUT2D eigenvalue weighted by molar-refractivity contribution is 9.10. The van der Waals surface area contributed by atoms with Gasteiger partial charge in [0, 0.05) is 36.1 Å². The van der Waals surface area contributed by atoms with E-state index in [0.717, 1.165) is 15.6 Å². The third kappa shape index (κ3) is 7.78. The van der Waals surface area contributed by atoms with Gasteiger partial charge >= 0.3 is 5.69 Å². The molecule has 0 aliphatic carbocycles. The van der Waals surface area contributed by atoms with Crippen molar-refractivity contribution in [1.29, 1.82) is 0 Å². The van der Waals surface area contributed by atoms with Gasteiger partial charge < -0.3 is 19.7 Å². The predicted octanol–water partition coefficient (Wildman–Crippen LogP) is 4.52. The zero-order valence-electron chi connectivity index (χ0n) is 20.6. The number of methoxy groups -OCH3 is 1. The molecule has 2 amide bonds. The maximum atomic E-state index is 13.5. The van der Waals surface area contributed by atoms with Crippen molar-refractivity contribution in [2.45, 2.75) is 25.9 Å². The lowest BCUT2D eigenvalue weighted by Gasteiger charge is -2.31. The Bertz CT molecular complexity index is 1240. The molecule has 0 heterocycles. The fourth-order valence-corrected chi connectivity index (χ4v) is 4.25. The summed E-state index contributed by atoms with van der Waals surface area (Å²) >= 11 is 3.46. The second kappa shape index (κ2) is 13.4. The van der Waals surface area contributed by atoms with E-state index in [1.807, 2.05) is 61.5 Å². The van der Waals surface area contributed by atoms with E-state index in [9.17, 15) is 19.7 Å². The molecule has 0 aliphatic rings. The van der Waals surface area contributed by atoms with E-state index in [1.165, 1.54) is 30.2 Å². The van der Waals surface area contributed by atoms with Crippen LogP contribution in [-0.4, -0.2) is 47.9 Å². The zero-order valence-corrected chi connectivity index (χ0v) is 22.1. The zero-order chi connectivity index (χ0) is 26.8. The molecular weight excluding hydrogens is 542 g/mol. The lowest BCUT2D eigenvalue weighted by Crippen LogP contribution is -2.51. The summed E-state index contributed by atoms with van der Waals surface area (Å²) in [4.78, 5) is 38.8. The van der Waals surface area contributed by atoms with Crippen LogP contribution in [0.15, 0.2) is 77.3 Å². The molecule has 1 N–H and O–H groups in total. The van der Waals surface area contributed by atoms with Gasteiger partial charge in [-0.1, -0.05) is 58.4 Å². The van der Waals surface area contributed by atoms with E-state index >= 15 is 0 Å². The number of nitrogens with one attached hydrogen (secondary N) is 1. The number of likely N-dealkylation sites (N-methyl/N-ethyl adjacent to an activating group) is 1. The molecule has 0 saturated heterocycles. The fraction of sp³-hybridized carbons (Fsp3) is 0.259. The first-order valence-corrected chi connectivity index (χ1v) is 12.4. The van der Waals surface area contributed by atoms with Crippen LogP contribution in [-0.2, 0) is 22.6 Å². The maximum Gasteiger partial charge on any atom is 0.311 e. The number of ether oxygens (including phenoxy) is 2. The molecule has 0 unspecified atom stereocenters. The number of nitro benzene ring substituents is 1. The molecular formula is C27H28BrN3O6. The minimum atomic E-state index is -0.788. The smallest absolute Gasteiger partial charge is 0.311 e. The van der Waals surface area contributed by atoms with E-state index in [0.29, 0.717) is 13.0 Å². The first-order valence-electron chi connectivity index (χ1n) is 11.6. The van der Waals surface area contributed by atoms with E-state index in [2.05, 4.69) is 21.2 Å². The molecule has 0 fully saturated rings. The number of benzene rings is 3. The molecule has 194 valence electrons. The average Bonchev–Trinajstić information content (AvgIpc) is 2.89. The summed E-state index contributed by atoms with van der Waals surface area (Å²) in [5, 5.41) is 14.0. The summed E-state index contributed by atoms with van der Waals surface area (Å²) < 4.78 is 11.6. The van der Waals surface area contributed by atoms with E-state index in [1.54, 1.807) is 0 Å². The van der Waals surface area contributed by atoms with Crippen LogP contribution in [0.5, 0.6) is 11.5 Å². The normalized spacial score (nSPS) is 11.3. The molecule has 1 atom stereocenters. The number of nitro groups is 1. The SMILES string of the molecule is CCNC(=O)[C@H](Cc1ccccc1)N(Cc1cccc(Br)c1)C(=O)COc1ccc([N+](=O)[O-])c(OC)c1. The largest absolute Gasteiger partial charge is 0.490 e. The Morgan fingerprint density at radius 1 is 1.05 bits per heavy atom. The van der Waals surface area contributed by atoms with Crippen LogP contribution in [0.2, 0.25) is 0 Å². The van der Waals surface area contributed by atoms with Crippen LogP contribution in [0.3, 0.4) is 0 Å². The van der Waals surface area contributed by atoms with Gasteiger partial charge in [-0.15, -0.1) is 0 Å². The van der Waals surface area contributed by atoms with Crippen molar-refractivity contribution in [1.82, 2.24) is 10.2 Å². The summed E-state index contributed by atoms with van der Waals surface area (Å²) in [5.41, 5.74) is 1.53. The Morgan fingerprint density at radius 2 is 1.78 bits per heavy atom. The first kappa shape index (κ1) is 27.7. The van der Waals surface area contributed by atoms with Gasteiger partial charge in [-0.2, -0.15) is 0 Å². The molecule has 0 spiro atoms. The highest BCUT2D eigenvalue weighted by Crippen LogP contribution is 2.31. The van der Waals surface area contributed by atoms with Crippen molar-refractivity contribution in [2.75, 3.05) is 20.3 Å². The van der Waals surface area contributed by atoms with Crippen LogP contribution in [0.1, 0.15) is 18.1 Å². The number of hydrogen-bond acceptors (Lipinski definition) is 6. The summed E-state index contributed by atoms with van der Waals surface area (Å²) in [5.74, 6) is -0.433. The van der Waals surface area contributed by atoms with Crippen molar-refractivity contribution in [3.63, 3.8) is 0 Å². The topological polar surface area (TPSA) is 111 Å². The van der Waals surface area contributed by atoms with Gasteiger partial charge in [-0.25, -0.2) is 0 Å². The van der Waals surface area contributed by atoms with Crippen LogP contribution < -0.4 is 14.8 Å². The van der Waals surface area contributed by atoms with Crippen molar-refractivity contribution in [3.8, 4) is 11.5 Å². The van der Waals surface area contributed by atoms with Crippen molar-refractivity contribution < 1.29 is 24.0 Å². The Labute approximate surface area is 223 Å². The summed E-state index contributed by atoms with van der Waals surface area (Å²) in [6.07, 6.45) is 0.317. The third-order valence-electron chi connectivity index (χ3n) is 5.57. The number of halogens is 1. The molecule has 0 bridgehead atoms. The van der Waals surface area contributed by atoms with Gasteiger partial charge in [0.1, 0.15) is 11.8 Å². The quantitative estimate of drug-likeness (QED) is 0.253. The number of carbonyl (C=O) groups is 2. The average molecular weight is 570 g/mol. The monoisotopic (exact) mass is 569 g/mol. The molecule has 0 saturated carbocycles. The van der Waals surface area contributed by atoms with E-state index in [-0.39, 0.29) is 36.2 Å². The summed E-state index contributed by atoms with van der Waals surface area (Å²) in [7, 11) is 1.32. The Balaban J connectivity index is 1.89. The van der Waals surface area contributed by atoms with E-state index < -0.39 is 16.9 Å². The van der Waals surface area contributed by atoms with Gasteiger partial charge in [0.25, 0.3) is 5.91 Å². The van der Waals surface area contributed by atoms with Crippen LogP contribution in [0, 0.1) is 10.1 Å². The lowest BCUT2D eigenvalue weighted by atomic mass is 10.0. The number of amides is 2. The highest BCUT2D eigenvalue weighted by atomic mass is 79.9. The molecule has 3 aromatic rings. The minimum absolute atomic E-state index is 0.0187. The molecule has 10 heteroatoms. The standard InChI is InChI=1S/C27H28BrN3O6/c1-3-29-27(33)24(15-19-8-5-4-6-9-19)30(17-20-10-7-11-21(28)14-20)26(32)18-37-22-12-13-23(31(34)35)25(16-22)36-2/h4-14,16,24H,3,15,17-18H2,1-2H3,(H,29,33)/t24-/m0/s1. The van der Waals surface area contributed by atoms with Crippen LogP contribution in [0.4, 0.5) is 5.69 Å². The number of hydrogen-bond donors (Lipinski definition) is 1. The molecule has 0 aliphatic heterocycles. The van der Waals surface area contributed by atoms with Gasteiger partial charge in [-0.3, -0.25) is 19.7 Å². The van der Waals surface area contributed by atoms with Crippen molar-refractivity contribution in [3.05, 3.63) is 98.5 Å². The number of carbonyl (C=O) groups excluding carboxylic acids is 2. The highest BCUT2D eigenvalue weighted by Gasteiger charge is 2.30.